The van der Waals surface area contributed by atoms with Gasteiger partial charge in [0.25, 0.3) is 0 Å². The second-order valence-electron chi connectivity index (χ2n) is 6.09. The smallest absolute Gasteiger partial charge is 0.495 e. The van der Waals surface area contributed by atoms with E-state index in [4.69, 9.17) is 20.5 Å². The fraction of sp³-hybridized carbons (Fsp3) is 0.500. The van der Waals surface area contributed by atoms with Crippen LogP contribution in [0.15, 0.2) is 34.7 Å². The van der Waals surface area contributed by atoms with Gasteiger partial charge in [0.05, 0.1) is 16.9 Å². The van der Waals surface area contributed by atoms with Crippen molar-refractivity contribution in [3.8, 4) is 0 Å². The molecule has 1 fully saturated rings. The van der Waals surface area contributed by atoms with Gasteiger partial charge in [-0.05, 0) is 57.3 Å². The minimum atomic E-state index is -0.767. The average molecular weight is 384 g/mol. The Kier molecular flexibility index (Phi) is 5.07. The molecule has 0 atom stereocenters. The molecular formula is C14H19BFN2O2Pd-. The van der Waals surface area contributed by atoms with Gasteiger partial charge >= 0.3 is 7.12 Å². The summed E-state index contributed by atoms with van der Waals surface area (Å²) in [4.78, 5) is 0. The van der Waals surface area contributed by atoms with Gasteiger partial charge in [-0.15, -0.1) is 0 Å². The van der Waals surface area contributed by atoms with E-state index in [0.29, 0.717) is 16.6 Å². The fourth-order valence-corrected chi connectivity index (χ4v) is 2.21. The van der Waals surface area contributed by atoms with Crippen LogP contribution >= 0.6 is 0 Å². The number of halogens is 1. The van der Waals surface area contributed by atoms with Gasteiger partial charge in [0.2, 0.25) is 0 Å². The zero-order valence-electron chi connectivity index (χ0n) is 12.7. The topological polar surface area (TPSA) is 66.1 Å². The van der Waals surface area contributed by atoms with Crippen LogP contribution in [0.25, 0.3) is 5.73 Å². The van der Waals surface area contributed by atoms with Gasteiger partial charge in [0, 0.05) is 20.4 Å². The number of allylic oxidation sites excluding steroid dienone is 5. The summed E-state index contributed by atoms with van der Waals surface area (Å²) in [5.41, 5.74) is 7.48. The van der Waals surface area contributed by atoms with E-state index in [-0.39, 0.29) is 26.1 Å². The summed E-state index contributed by atoms with van der Waals surface area (Å²) in [6, 6.07) is 0. The molecule has 0 amide bonds. The van der Waals surface area contributed by atoms with Gasteiger partial charge in [-0.2, -0.15) is 6.20 Å². The summed E-state index contributed by atoms with van der Waals surface area (Å²) < 4.78 is 25.7. The molecule has 2 rings (SSSR count). The van der Waals surface area contributed by atoms with E-state index in [1.165, 1.54) is 0 Å². The standard InChI is InChI=1S/C14H19BFN2O2.Pd/c1-8-10(16)6-11(18)9(7-17)12(8)15-19-13(2,3)14(4,5)20-15;/h6-7,17-18H,1-5H3;/q-1;/b9-7+,18-11?;. The Morgan fingerprint density at radius 2 is 1.71 bits per heavy atom. The monoisotopic (exact) mass is 383 g/mol. The molecule has 2 aliphatic rings. The van der Waals surface area contributed by atoms with Crippen LogP contribution in [0.3, 0.4) is 0 Å². The predicted octanol–water partition coefficient (Wildman–Crippen LogP) is 3.75. The SMILES string of the molecule is CC1=C(B2OC(C)(C)C(C)(C)O2)/C(=C/[NH-])C(=N)C=C1F.[Pd]. The maximum Gasteiger partial charge on any atom is 0.495 e. The zero-order chi connectivity index (χ0) is 15.3. The van der Waals surface area contributed by atoms with Gasteiger partial charge in [0.15, 0.2) is 0 Å². The molecular weight excluding hydrogens is 364 g/mol. The van der Waals surface area contributed by atoms with Crippen LogP contribution in [0.1, 0.15) is 34.6 Å². The second-order valence-corrected chi connectivity index (χ2v) is 6.09. The molecule has 1 heterocycles. The first-order chi connectivity index (χ1) is 9.10. The molecule has 0 bridgehead atoms. The van der Waals surface area contributed by atoms with Gasteiger partial charge in [-0.25, -0.2) is 4.39 Å². The summed E-state index contributed by atoms with van der Waals surface area (Å²) in [5.74, 6) is -0.481. The number of hydrogen-bond donors (Lipinski definition) is 1. The summed E-state index contributed by atoms with van der Waals surface area (Å²) in [6.07, 6.45) is 2.17. The van der Waals surface area contributed by atoms with Crippen molar-refractivity contribution in [1.82, 2.24) is 0 Å². The van der Waals surface area contributed by atoms with Crippen molar-refractivity contribution in [2.45, 2.75) is 45.8 Å². The predicted molar refractivity (Wildman–Crippen MR) is 78.1 cm³/mol. The Balaban J connectivity index is 0.00000220. The number of rotatable bonds is 1. The third-order valence-electron chi connectivity index (χ3n) is 4.25. The molecule has 0 unspecified atom stereocenters. The van der Waals surface area contributed by atoms with Crippen molar-refractivity contribution in [2.75, 3.05) is 0 Å². The third kappa shape index (κ3) is 2.93. The summed E-state index contributed by atoms with van der Waals surface area (Å²) in [6.45, 7) is 9.25. The quantitative estimate of drug-likeness (QED) is 0.701. The van der Waals surface area contributed by atoms with Crippen molar-refractivity contribution < 1.29 is 34.1 Å². The van der Waals surface area contributed by atoms with Gasteiger partial charge in [0.1, 0.15) is 5.83 Å². The Morgan fingerprint density at radius 1 is 1.24 bits per heavy atom. The molecule has 0 aromatic heterocycles. The van der Waals surface area contributed by atoms with Crippen molar-refractivity contribution in [3.63, 3.8) is 0 Å². The molecule has 2 N–H and O–H groups in total. The molecule has 0 spiro atoms. The number of nitrogens with one attached hydrogen (secondary N) is 2. The van der Waals surface area contributed by atoms with E-state index >= 15 is 0 Å². The van der Waals surface area contributed by atoms with Crippen LogP contribution in [-0.4, -0.2) is 24.0 Å². The van der Waals surface area contributed by atoms with E-state index in [9.17, 15) is 4.39 Å². The molecule has 0 aromatic carbocycles. The molecule has 21 heavy (non-hydrogen) atoms. The summed E-state index contributed by atoms with van der Waals surface area (Å²) in [5, 5.41) is 7.81. The van der Waals surface area contributed by atoms with E-state index in [1.807, 2.05) is 27.7 Å². The summed E-state index contributed by atoms with van der Waals surface area (Å²) in [7, 11) is -0.767. The first kappa shape index (κ1) is 18.3. The molecule has 0 aromatic rings. The molecule has 1 saturated heterocycles. The molecule has 0 saturated carbocycles. The molecule has 7 heteroatoms. The average Bonchev–Trinajstić information content (AvgIpc) is 2.52. The van der Waals surface area contributed by atoms with Crippen molar-refractivity contribution in [3.05, 3.63) is 40.5 Å². The Labute approximate surface area is 138 Å². The number of hydrogen-bond acceptors (Lipinski definition) is 3. The minimum absolute atomic E-state index is 0. The van der Waals surface area contributed by atoms with E-state index in [1.54, 1.807) is 6.92 Å². The molecule has 4 nitrogen and oxygen atoms in total. The minimum Gasteiger partial charge on any atom is -0.704 e. The van der Waals surface area contributed by atoms with Crippen LogP contribution in [0.2, 0.25) is 0 Å². The van der Waals surface area contributed by atoms with E-state index in [2.05, 4.69) is 0 Å². The van der Waals surface area contributed by atoms with Crippen molar-refractivity contribution in [2.24, 2.45) is 0 Å². The van der Waals surface area contributed by atoms with Gasteiger partial charge in [-0.1, -0.05) is 0 Å². The molecule has 1 aliphatic heterocycles. The third-order valence-corrected chi connectivity index (χ3v) is 4.25. The van der Waals surface area contributed by atoms with Crippen molar-refractivity contribution in [1.29, 1.82) is 5.41 Å². The first-order valence-corrected chi connectivity index (χ1v) is 6.51. The molecule has 118 valence electrons. The van der Waals surface area contributed by atoms with Crippen LogP contribution in [-0.2, 0) is 29.7 Å². The summed E-state index contributed by atoms with van der Waals surface area (Å²) >= 11 is 0. The van der Waals surface area contributed by atoms with E-state index in [0.717, 1.165) is 12.3 Å². The first-order valence-electron chi connectivity index (χ1n) is 6.51. The normalized spacial score (nSPS) is 26.0. The fourth-order valence-electron chi connectivity index (χ4n) is 2.21. The largest absolute Gasteiger partial charge is 0.704 e. The maximum atomic E-state index is 13.9. The second kappa shape index (κ2) is 5.81. The maximum absolute atomic E-state index is 13.9. The van der Waals surface area contributed by atoms with Crippen LogP contribution in [0.5, 0.6) is 0 Å². The Hall–Kier alpha value is -0.733. The Morgan fingerprint density at radius 3 is 2.14 bits per heavy atom. The molecule has 1 aliphatic carbocycles. The Bertz CT molecular complexity index is 551. The van der Waals surface area contributed by atoms with Gasteiger partial charge in [-0.3, -0.25) is 0 Å². The van der Waals surface area contributed by atoms with Gasteiger partial charge < -0.3 is 20.5 Å². The zero-order valence-corrected chi connectivity index (χ0v) is 14.3. The molecule has 0 radical (unpaired) electrons. The van der Waals surface area contributed by atoms with E-state index < -0.39 is 24.1 Å². The van der Waals surface area contributed by atoms with Crippen LogP contribution in [0.4, 0.5) is 4.39 Å². The van der Waals surface area contributed by atoms with Crippen LogP contribution in [0, 0.1) is 5.41 Å². The van der Waals surface area contributed by atoms with Crippen molar-refractivity contribution >= 4 is 12.8 Å². The van der Waals surface area contributed by atoms with Crippen LogP contribution < -0.4 is 0 Å².